The van der Waals surface area contributed by atoms with Gasteiger partial charge in [-0.15, -0.1) is 24.0 Å². The molecule has 0 saturated carbocycles. The maximum atomic E-state index is 9.57. The Kier molecular flexibility index (Phi) is 10.7. The van der Waals surface area contributed by atoms with Crippen LogP contribution in [0.4, 0.5) is 11.4 Å². The van der Waals surface area contributed by atoms with Gasteiger partial charge in [-0.25, -0.2) is 0 Å². The molecule has 0 saturated heterocycles. The predicted molar refractivity (Wildman–Crippen MR) is 188 cm³/mol. The van der Waals surface area contributed by atoms with Crippen LogP contribution in [-0.4, -0.2) is 42.6 Å². The highest BCUT2D eigenvalue weighted by Crippen LogP contribution is 2.48. The Labute approximate surface area is 274 Å². The summed E-state index contributed by atoms with van der Waals surface area (Å²) in [6.45, 7) is 11.2. The maximum absolute atomic E-state index is 9.57. The molecule has 226 valence electrons. The fourth-order valence-corrected chi connectivity index (χ4v) is 7.33. The second-order valence-corrected chi connectivity index (χ2v) is 13.0. The van der Waals surface area contributed by atoms with E-state index in [0.29, 0.717) is 0 Å². The van der Waals surface area contributed by atoms with Crippen LogP contribution < -0.4 is 9.80 Å². The molecule has 2 aromatic rings. The molecule has 2 aromatic carbocycles. The van der Waals surface area contributed by atoms with Gasteiger partial charge in [0.2, 0.25) is 0 Å². The van der Waals surface area contributed by atoms with Crippen LogP contribution in [0.25, 0.3) is 0 Å². The van der Waals surface area contributed by atoms with Crippen molar-refractivity contribution in [3.05, 3.63) is 106 Å². The standard InChI is InChI=1S/C36H45ClN2O2.HI/c1-35(2)28-14-5-7-16-30(28)38(22-10-24-40)32(35)20-18-26-12-9-13-27(34(26)37)19-21-33-36(3,4)29-15-6-8-17-31(29)39(33)23-11-25-41;/h5-8,14-21,32,40-41H,9-13,22-25H2,1-4H3;1H/b20-18+,27-19+,33-21+;. The van der Waals surface area contributed by atoms with E-state index >= 15 is 0 Å². The van der Waals surface area contributed by atoms with E-state index in [0.717, 1.165) is 50.2 Å². The number of aliphatic hydroxyl groups is 2. The zero-order chi connectivity index (χ0) is 29.2. The minimum absolute atomic E-state index is 0. The van der Waals surface area contributed by atoms with Crippen LogP contribution in [0.15, 0.2) is 94.7 Å². The van der Waals surface area contributed by atoms with E-state index in [2.05, 4.69) is 110 Å². The first-order valence-electron chi connectivity index (χ1n) is 15.1. The minimum atomic E-state index is -0.127. The van der Waals surface area contributed by atoms with E-state index < -0.39 is 0 Å². The largest absolute Gasteiger partial charge is 0.396 e. The van der Waals surface area contributed by atoms with E-state index in [-0.39, 0.29) is 54.1 Å². The number of fused-ring (bicyclic) bond motifs is 2. The molecular weight excluding hydrogens is 655 g/mol. The van der Waals surface area contributed by atoms with Gasteiger partial charge in [0.1, 0.15) is 0 Å². The summed E-state index contributed by atoms with van der Waals surface area (Å²) >= 11 is 7.12. The fourth-order valence-electron chi connectivity index (χ4n) is 7.02. The van der Waals surface area contributed by atoms with Gasteiger partial charge in [-0.05, 0) is 72.6 Å². The third-order valence-electron chi connectivity index (χ3n) is 9.26. The Hall–Kier alpha value is -2.06. The Bertz CT molecular complexity index is 1390. The first kappa shape index (κ1) is 32.8. The van der Waals surface area contributed by atoms with Gasteiger partial charge in [0.25, 0.3) is 0 Å². The smallest absolute Gasteiger partial charge is 0.0568 e. The molecule has 1 aliphatic carbocycles. The molecule has 3 aliphatic rings. The van der Waals surface area contributed by atoms with Crippen LogP contribution in [0.1, 0.15) is 70.9 Å². The third kappa shape index (κ3) is 6.12. The highest BCUT2D eigenvalue weighted by Gasteiger charge is 2.43. The van der Waals surface area contributed by atoms with Crippen molar-refractivity contribution in [2.24, 2.45) is 0 Å². The number of hydrogen-bond donors (Lipinski definition) is 2. The summed E-state index contributed by atoms with van der Waals surface area (Å²) in [6.07, 6.45) is 13.6. The zero-order valence-electron chi connectivity index (χ0n) is 25.4. The summed E-state index contributed by atoms with van der Waals surface area (Å²) in [4.78, 5) is 4.81. The second kappa shape index (κ2) is 13.7. The summed E-state index contributed by atoms with van der Waals surface area (Å²) in [6, 6.07) is 17.5. The van der Waals surface area contributed by atoms with Crippen molar-refractivity contribution in [1.82, 2.24) is 0 Å². The molecule has 5 rings (SSSR count). The fraction of sp³-hybridized carbons (Fsp3) is 0.444. The molecule has 0 aromatic heterocycles. The van der Waals surface area contributed by atoms with Gasteiger partial charge in [0.05, 0.1) is 6.04 Å². The quantitative estimate of drug-likeness (QED) is 0.258. The molecule has 0 amide bonds. The maximum Gasteiger partial charge on any atom is 0.0568 e. The number of para-hydroxylation sites is 2. The average molecular weight is 701 g/mol. The van der Waals surface area contributed by atoms with Gasteiger partial charge in [-0.1, -0.05) is 93.9 Å². The van der Waals surface area contributed by atoms with Crippen LogP contribution in [-0.2, 0) is 10.8 Å². The van der Waals surface area contributed by atoms with E-state index in [1.54, 1.807) is 0 Å². The molecule has 1 atom stereocenters. The van der Waals surface area contributed by atoms with Gasteiger partial charge in [0, 0.05) is 59.2 Å². The summed E-state index contributed by atoms with van der Waals surface area (Å²) in [5.41, 5.74) is 8.63. The topological polar surface area (TPSA) is 46.9 Å². The molecular formula is C36H46ClIN2O2. The van der Waals surface area contributed by atoms with E-state index in [1.165, 1.54) is 39.3 Å². The number of rotatable bonds is 9. The SMILES string of the molecule is CC1(C)/C(=C\C=C2/CCCC(/C=C/C3N(CCCO)c4ccccc4C3(C)C)=C2Cl)N(CCCO)c2ccccc21.I. The molecule has 42 heavy (non-hydrogen) atoms. The summed E-state index contributed by atoms with van der Waals surface area (Å²) < 4.78 is 0. The lowest BCUT2D eigenvalue weighted by Crippen LogP contribution is -2.40. The summed E-state index contributed by atoms with van der Waals surface area (Å²) in [7, 11) is 0. The van der Waals surface area contributed by atoms with Crippen LogP contribution in [0.3, 0.4) is 0 Å². The Morgan fingerprint density at radius 3 is 2.21 bits per heavy atom. The third-order valence-corrected chi connectivity index (χ3v) is 9.74. The second-order valence-electron chi connectivity index (χ2n) is 12.6. The van der Waals surface area contributed by atoms with E-state index in [9.17, 15) is 10.2 Å². The van der Waals surface area contributed by atoms with E-state index in [4.69, 9.17) is 11.6 Å². The molecule has 2 N–H and O–H groups in total. The number of benzene rings is 2. The predicted octanol–water partition coefficient (Wildman–Crippen LogP) is 8.38. The zero-order valence-corrected chi connectivity index (χ0v) is 28.5. The lowest BCUT2D eigenvalue weighted by atomic mass is 9.80. The highest BCUT2D eigenvalue weighted by atomic mass is 127. The van der Waals surface area contributed by atoms with Crippen molar-refractivity contribution in [3.8, 4) is 0 Å². The molecule has 0 radical (unpaired) electrons. The van der Waals surface area contributed by atoms with E-state index in [1.807, 2.05) is 0 Å². The molecule has 4 nitrogen and oxygen atoms in total. The van der Waals surface area contributed by atoms with Gasteiger partial charge in [0.15, 0.2) is 0 Å². The van der Waals surface area contributed by atoms with Crippen molar-refractivity contribution in [2.45, 2.75) is 76.7 Å². The van der Waals surface area contributed by atoms with Crippen LogP contribution in [0, 0.1) is 0 Å². The van der Waals surface area contributed by atoms with Crippen LogP contribution in [0.5, 0.6) is 0 Å². The Balaban J connectivity index is 0.00000405. The normalized spacial score (nSPS) is 22.7. The van der Waals surface area contributed by atoms with Crippen molar-refractivity contribution in [2.75, 3.05) is 36.1 Å². The number of anilines is 2. The first-order chi connectivity index (χ1) is 19.7. The van der Waals surface area contributed by atoms with Gasteiger partial charge < -0.3 is 20.0 Å². The number of hydrogen-bond acceptors (Lipinski definition) is 4. The van der Waals surface area contributed by atoms with Crippen molar-refractivity contribution < 1.29 is 10.2 Å². The molecule has 0 bridgehead atoms. The lowest BCUT2D eigenvalue weighted by molar-refractivity contribution is 0.287. The Morgan fingerprint density at radius 2 is 1.50 bits per heavy atom. The molecule has 1 unspecified atom stereocenters. The number of nitrogens with zero attached hydrogens (tertiary/aromatic N) is 2. The van der Waals surface area contributed by atoms with Crippen molar-refractivity contribution in [1.29, 1.82) is 0 Å². The Morgan fingerprint density at radius 1 is 0.857 bits per heavy atom. The minimum Gasteiger partial charge on any atom is -0.396 e. The van der Waals surface area contributed by atoms with Crippen molar-refractivity contribution >= 4 is 47.0 Å². The molecule has 0 spiro atoms. The van der Waals surface area contributed by atoms with Crippen molar-refractivity contribution in [3.63, 3.8) is 0 Å². The monoisotopic (exact) mass is 700 g/mol. The number of allylic oxidation sites excluding steroid dienone is 7. The highest BCUT2D eigenvalue weighted by molar-refractivity contribution is 14.0. The molecule has 2 heterocycles. The van der Waals surface area contributed by atoms with Gasteiger partial charge in [-0.3, -0.25) is 0 Å². The van der Waals surface area contributed by atoms with Gasteiger partial charge >= 0.3 is 0 Å². The molecule has 2 aliphatic heterocycles. The number of aliphatic hydroxyl groups excluding tert-OH is 2. The summed E-state index contributed by atoms with van der Waals surface area (Å²) in [5.74, 6) is 0. The van der Waals surface area contributed by atoms with Crippen LogP contribution >= 0.6 is 35.6 Å². The molecule has 6 heteroatoms. The van der Waals surface area contributed by atoms with Crippen LogP contribution in [0.2, 0.25) is 0 Å². The lowest BCUT2D eigenvalue weighted by Gasteiger charge is -2.32. The summed E-state index contributed by atoms with van der Waals surface area (Å²) in [5, 5.41) is 20.0. The first-order valence-corrected chi connectivity index (χ1v) is 15.5. The molecule has 0 fully saturated rings. The average Bonchev–Trinajstić information content (AvgIpc) is 3.32. The van der Waals surface area contributed by atoms with Gasteiger partial charge in [-0.2, -0.15) is 0 Å². The number of halogens is 2.